The van der Waals surface area contributed by atoms with Crippen molar-refractivity contribution < 1.29 is 4.79 Å². The van der Waals surface area contributed by atoms with Gasteiger partial charge in [-0.15, -0.1) is 0 Å². The number of rotatable bonds is 6. The predicted molar refractivity (Wildman–Crippen MR) is 188 cm³/mol. The van der Waals surface area contributed by atoms with Crippen molar-refractivity contribution >= 4 is 44.4 Å². The molecule has 3 aliphatic carbocycles. The highest BCUT2D eigenvalue weighted by atomic mass is 79.9. The van der Waals surface area contributed by atoms with Crippen LogP contribution in [0.15, 0.2) is 75.3 Å². The van der Waals surface area contributed by atoms with Gasteiger partial charge in [0.2, 0.25) is 5.91 Å². The topological polar surface area (TPSA) is 117 Å². The van der Waals surface area contributed by atoms with E-state index in [2.05, 4.69) is 57.3 Å². The fourth-order valence-electron chi connectivity index (χ4n) is 7.88. The van der Waals surface area contributed by atoms with Crippen molar-refractivity contribution in [3.05, 3.63) is 81.4 Å². The van der Waals surface area contributed by atoms with Gasteiger partial charge in [-0.2, -0.15) is 0 Å². The number of carbonyl (C=O) groups excluding carboxylic acids is 1. The highest BCUT2D eigenvalue weighted by Crippen LogP contribution is 2.61. The Bertz CT molecular complexity index is 1890. The summed E-state index contributed by atoms with van der Waals surface area (Å²) in [5, 5.41) is 7.10. The van der Waals surface area contributed by atoms with E-state index in [1.54, 1.807) is 23.2 Å². The molecule has 1 amide bonds. The Morgan fingerprint density at radius 1 is 1.11 bits per heavy atom. The molecule has 2 aromatic carbocycles. The fraction of sp³-hybridized carbons (Fsp3) is 0.444. The van der Waals surface area contributed by atoms with Crippen LogP contribution >= 0.6 is 15.9 Å². The number of piperazine rings is 1. The SMILES string of the molecule is C[C@@H]1[C@@H](N=C(Nc2ccc3c(=O)n(CCc4ccc(Br)cc4)c(-c4cnccn4)nc3c2)N2CC(=O)N[C@@H](C)C2)C[C@H]2C[C@@H]1C2(C)C. The van der Waals surface area contributed by atoms with Gasteiger partial charge >= 0.3 is 0 Å². The van der Waals surface area contributed by atoms with Crippen molar-refractivity contribution in [2.24, 2.45) is 28.2 Å². The number of aliphatic imine (C=N–C) groups is 1. The Morgan fingerprint density at radius 2 is 1.91 bits per heavy atom. The number of nitrogens with one attached hydrogen (secondary N) is 2. The molecule has 47 heavy (non-hydrogen) atoms. The van der Waals surface area contributed by atoms with E-state index in [0.717, 1.165) is 22.1 Å². The fourth-order valence-corrected chi connectivity index (χ4v) is 8.14. The maximum Gasteiger partial charge on any atom is 0.261 e. The number of amides is 1. The minimum Gasteiger partial charge on any atom is -0.350 e. The zero-order chi connectivity index (χ0) is 32.9. The molecule has 4 aromatic rings. The number of aromatic nitrogens is 4. The summed E-state index contributed by atoms with van der Waals surface area (Å²) in [4.78, 5) is 47.7. The van der Waals surface area contributed by atoms with Crippen LogP contribution in [-0.4, -0.2) is 61.5 Å². The van der Waals surface area contributed by atoms with Gasteiger partial charge in [0, 0.05) is 41.7 Å². The van der Waals surface area contributed by atoms with E-state index < -0.39 is 0 Å². The van der Waals surface area contributed by atoms with Crippen LogP contribution < -0.4 is 16.2 Å². The van der Waals surface area contributed by atoms with Gasteiger partial charge in [-0.05, 0) is 85.3 Å². The molecule has 244 valence electrons. The molecule has 1 aliphatic heterocycles. The van der Waals surface area contributed by atoms with E-state index in [4.69, 9.17) is 9.98 Å². The van der Waals surface area contributed by atoms with Crippen LogP contribution in [0.5, 0.6) is 0 Å². The Labute approximate surface area is 283 Å². The van der Waals surface area contributed by atoms with Crippen molar-refractivity contribution in [3.8, 4) is 11.5 Å². The number of fused-ring (bicyclic) bond motifs is 3. The first-order valence-electron chi connectivity index (χ1n) is 16.5. The van der Waals surface area contributed by atoms with E-state index in [1.807, 2.05) is 54.3 Å². The summed E-state index contributed by atoms with van der Waals surface area (Å²) in [5.41, 5.74) is 3.18. The molecule has 11 heteroatoms. The largest absolute Gasteiger partial charge is 0.350 e. The molecular formula is C36H41BrN8O2. The molecule has 0 spiro atoms. The van der Waals surface area contributed by atoms with E-state index >= 15 is 0 Å². The molecule has 5 atom stereocenters. The third-order valence-corrected chi connectivity index (χ3v) is 11.2. The third-order valence-electron chi connectivity index (χ3n) is 10.7. The molecule has 4 aliphatic rings. The number of halogens is 1. The van der Waals surface area contributed by atoms with Crippen molar-refractivity contribution in [2.45, 2.75) is 65.6 Å². The Hall–Kier alpha value is -4.12. The summed E-state index contributed by atoms with van der Waals surface area (Å²) in [6.07, 6.45) is 7.84. The standard InChI is InChI=1S/C36H41BrN8O2/c1-21-19-44(20-32(46)40-21)35(43-29-16-24-15-28(22(29)2)36(24,3)4)41-26-9-10-27-30(17-26)42-33(31-18-38-12-13-39-31)45(34(27)47)14-11-23-5-7-25(37)8-6-23/h5-10,12-13,17-18,21-22,24,28-29H,11,14-16,19-20H2,1-4H3,(H,40,46)(H,41,43)/t21-,22-,24+,28-,29-/m0/s1. The lowest BCUT2D eigenvalue weighted by Gasteiger charge is -2.61. The Kier molecular flexibility index (Phi) is 8.36. The van der Waals surface area contributed by atoms with Crippen molar-refractivity contribution in [1.82, 2.24) is 29.7 Å². The first kappa shape index (κ1) is 31.5. The average molecular weight is 698 g/mol. The summed E-state index contributed by atoms with van der Waals surface area (Å²) in [6, 6.07) is 13.9. The highest BCUT2D eigenvalue weighted by molar-refractivity contribution is 9.10. The maximum absolute atomic E-state index is 14.0. The van der Waals surface area contributed by atoms with E-state index in [0.29, 0.717) is 71.1 Å². The number of aryl methyl sites for hydroxylation is 1. The predicted octanol–water partition coefficient (Wildman–Crippen LogP) is 5.52. The number of anilines is 1. The van der Waals surface area contributed by atoms with Crippen LogP contribution in [0.2, 0.25) is 0 Å². The molecular weight excluding hydrogens is 656 g/mol. The first-order valence-corrected chi connectivity index (χ1v) is 17.3. The van der Waals surface area contributed by atoms with Gasteiger partial charge in [-0.25, -0.2) is 15.0 Å². The second kappa shape index (κ2) is 12.5. The first-order chi connectivity index (χ1) is 22.6. The number of hydrogen-bond donors (Lipinski definition) is 2. The molecule has 10 nitrogen and oxygen atoms in total. The highest BCUT2D eigenvalue weighted by Gasteiger charge is 2.56. The van der Waals surface area contributed by atoms with Gasteiger partial charge in [0.25, 0.3) is 5.56 Å². The van der Waals surface area contributed by atoms with Gasteiger partial charge in [0.1, 0.15) is 5.69 Å². The monoisotopic (exact) mass is 696 g/mol. The zero-order valence-corrected chi connectivity index (χ0v) is 28.9. The molecule has 4 fully saturated rings. The van der Waals surface area contributed by atoms with Crippen molar-refractivity contribution in [1.29, 1.82) is 0 Å². The Balaban J connectivity index is 1.24. The lowest BCUT2D eigenvalue weighted by atomic mass is 9.45. The summed E-state index contributed by atoms with van der Waals surface area (Å²) in [7, 11) is 0. The van der Waals surface area contributed by atoms with Crippen LogP contribution in [0.1, 0.15) is 46.1 Å². The molecule has 0 unspecified atom stereocenters. The maximum atomic E-state index is 14.0. The lowest BCUT2D eigenvalue weighted by Crippen LogP contribution is -2.58. The van der Waals surface area contributed by atoms with E-state index in [-0.39, 0.29) is 30.1 Å². The molecule has 0 radical (unpaired) electrons. The lowest BCUT2D eigenvalue weighted by molar-refractivity contribution is -0.124. The van der Waals surface area contributed by atoms with Crippen LogP contribution in [0, 0.1) is 23.2 Å². The smallest absolute Gasteiger partial charge is 0.261 e. The van der Waals surface area contributed by atoms with Gasteiger partial charge in [-0.1, -0.05) is 48.8 Å². The van der Waals surface area contributed by atoms with Crippen molar-refractivity contribution in [2.75, 3.05) is 18.4 Å². The van der Waals surface area contributed by atoms with Crippen LogP contribution in [0.3, 0.4) is 0 Å². The number of carbonyl (C=O) groups is 1. The van der Waals surface area contributed by atoms with Crippen molar-refractivity contribution in [3.63, 3.8) is 0 Å². The van der Waals surface area contributed by atoms with Gasteiger partial charge in [0.05, 0.1) is 29.7 Å². The van der Waals surface area contributed by atoms with Crippen LogP contribution in [0.4, 0.5) is 5.69 Å². The zero-order valence-electron chi connectivity index (χ0n) is 27.3. The number of benzene rings is 2. The molecule has 1 saturated heterocycles. The summed E-state index contributed by atoms with van der Waals surface area (Å²) in [6.45, 7) is 10.5. The molecule has 8 rings (SSSR count). The number of guanidine groups is 1. The quantitative estimate of drug-likeness (QED) is 0.202. The Morgan fingerprint density at radius 3 is 2.62 bits per heavy atom. The van der Waals surface area contributed by atoms with E-state index in [1.165, 1.54) is 6.42 Å². The minimum absolute atomic E-state index is 0.00283. The molecule has 2 N–H and O–H groups in total. The molecule has 3 heterocycles. The second-order valence-corrected chi connectivity index (χ2v) is 15.0. The average Bonchev–Trinajstić information content (AvgIpc) is 3.05. The normalized spacial score (nSPS) is 25.3. The second-order valence-electron chi connectivity index (χ2n) is 14.0. The number of hydrogen-bond acceptors (Lipinski definition) is 6. The van der Waals surface area contributed by atoms with Crippen LogP contribution in [0.25, 0.3) is 22.4 Å². The molecule has 2 bridgehead atoms. The summed E-state index contributed by atoms with van der Waals surface area (Å²) < 4.78 is 2.70. The van der Waals surface area contributed by atoms with Crippen LogP contribution in [-0.2, 0) is 17.8 Å². The minimum atomic E-state index is -0.132. The van der Waals surface area contributed by atoms with Gasteiger partial charge in [0.15, 0.2) is 11.8 Å². The molecule has 2 aromatic heterocycles. The van der Waals surface area contributed by atoms with Gasteiger partial charge in [-0.3, -0.25) is 19.1 Å². The summed E-state index contributed by atoms with van der Waals surface area (Å²) in [5.74, 6) is 2.91. The molecule has 3 saturated carbocycles. The number of nitrogens with zero attached hydrogens (tertiary/aromatic N) is 6. The summed E-state index contributed by atoms with van der Waals surface area (Å²) >= 11 is 3.49. The van der Waals surface area contributed by atoms with E-state index in [9.17, 15) is 9.59 Å². The van der Waals surface area contributed by atoms with Gasteiger partial charge < -0.3 is 15.5 Å². The third kappa shape index (κ3) is 6.17.